The molecule has 0 radical (unpaired) electrons. The Hall–Kier alpha value is -1.52. The van der Waals surface area contributed by atoms with Crippen LogP contribution in [0, 0.1) is 5.92 Å². The van der Waals surface area contributed by atoms with Crippen LogP contribution in [0.3, 0.4) is 0 Å². The van der Waals surface area contributed by atoms with Crippen LogP contribution in [0.1, 0.15) is 33.6 Å². The van der Waals surface area contributed by atoms with Gasteiger partial charge in [-0.1, -0.05) is 0 Å². The molecule has 0 atom stereocenters. The van der Waals surface area contributed by atoms with E-state index in [4.69, 9.17) is 10.5 Å². The topological polar surface area (TPSA) is 64.3 Å². The molecule has 1 aromatic heterocycles. The minimum atomic E-state index is 0.372. The van der Waals surface area contributed by atoms with Gasteiger partial charge >= 0.3 is 0 Å². The van der Waals surface area contributed by atoms with E-state index in [9.17, 15) is 0 Å². The average Bonchev–Trinajstić information content (AvgIpc) is 3.13. The maximum atomic E-state index is 6.11. The van der Waals surface area contributed by atoms with Gasteiger partial charge in [0.1, 0.15) is 12.0 Å². The monoisotopic (exact) mass is 250 g/mol. The molecule has 1 aliphatic rings. The molecule has 0 saturated heterocycles. The van der Waals surface area contributed by atoms with Crippen molar-refractivity contribution in [3.63, 3.8) is 0 Å². The number of ether oxygens (including phenoxy) is 1. The first-order valence-corrected chi connectivity index (χ1v) is 6.63. The third-order valence-corrected chi connectivity index (χ3v) is 3.15. The summed E-state index contributed by atoms with van der Waals surface area (Å²) in [6.07, 6.45) is 4.15. The number of nitrogens with two attached hydrogens (primary N) is 1. The highest BCUT2D eigenvalue weighted by Gasteiger charge is 2.27. The Kier molecular flexibility index (Phi) is 3.89. The highest BCUT2D eigenvalue weighted by Crippen LogP contribution is 2.35. The minimum absolute atomic E-state index is 0.372. The smallest absolute Gasteiger partial charge is 0.242 e. The fraction of sp³-hybridized carbons (Fsp3) is 0.692. The first-order chi connectivity index (χ1) is 8.63. The normalized spacial score (nSPS) is 14.9. The lowest BCUT2D eigenvalue weighted by Gasteiger charge is -2.29. The maximum absolute atomic E-state index is 6.11. The molecule has 0 aromatic carbocycles. The predicted octanol–water partition coefficient (Wildman–Crippen LogP) is 2.08. The fourth-order valence-electron chi connectivity index (χ4n) is 1.97. The summed E-state index contributed by atoms with van der Waals surface area (Å²) < 4.78 is 5.43. The lowest BCUT2D eigenvalue weighted by Crippen LogP contribution is -2.34. The predicted molar refractivity (Wildman–Crippen MR) is 72.8 cm³/mol. The van der Waals surface area contributed by atoms with Crippen molar-refractivity contribution in [3.05, 3.63) is 6.33 Å². The summed E-state index contributed by atoms with van der Waals surface area (Å²) in [5.41, 5.74) is 6.66. The fourth-order valence-corrected chi connectivity index (χ4v) is 1.97. The van der Waals surface area contributed by atoms with E-state index in [-0.39, 0.29) is 0 Å². The number of aromatic nitrogens is 2. The molecule has 18 heavy (non-hydrogen) atoms. The summed E-state index contributed by atoms with van der Waals surface area (Å²) in [5.74, 6) is 2.08. The quantitative estimate of drug-likeness (QED) is 0.837. The van der Waals surface area contributed by atoms with E-state index in [1.807, 2.05) is 6.92 Å². The summed E-state index contributed by atoms with van der Waals surface area (Å²) in [6.45, 7) is 7.82. The van der Waals surface area contributed by atoms with Crippen molar-refractivity contribution < 1.29 is 4.74 Å². The van der Waals surface area contributed by atoms with E-state index in [1.165, 1.54) is 19.2 Å². The second-order valence-electron chi connectivity index (χ2n) is 5.04. The van der Waals surface area contributed by atoms with Gasteiger partial charge in [0.25, 0.3) is 0 Å². The van der Waals surface area contributed by atoms with Gasteiger partial charge in [-0.3, -0.25) is 0 Å². The van der Waals surface area contributed by atoms with Gasteiger partial charge in [-0.2, -0.15) is 4.98 Å². The zero-order valence-corrected chi connectivity index (χ0v) is 11.4. The van der Waals surface area contributed by atoms with Crippen molar-refractivity contribution >= 4 is 11.5 Å². The van der Waals surface area contributed by atoms with Crippen molar-refractivity contribution in [2.75, 3.05) is 23.8 Å². The Morgan fingerprint density at radius 2 is 2.17 bits per heavy atom. The van der Waals surface area contributed by atoms with Gasteiger partial charge in [-0.05, 0) is 39.5 Å². The van der Waals surface area contributed by atoms with Gasteiger partial charge in [-0.25, -0.2) is 4.98 Å². The van der Waals surface area contributed by atoms with E-state index in [1.54, 1.807) is 0 Å². The highest BCUT2D eigenvalue weighted by atomic mass is 16.5. The first kappa shape index (κ1) is 12.9. The molecule has 2 N–H and O–H groups in total. The summed E-state index contributed by atoms with van der Waals surface area (Å²) >= 11 is 0. The number of anilines is 2. The Morgan fingerprint density at radius 1 is 1.44 bits per heavy atom. The molecular weight excluding hydrogens is 228 g/mol. The van der Waals surface area contributed by atoms with Crippen LogP contribution in [0.5, 0.6) is 5.88 Å². The van der Waals surface area contributed by atoms with Crippen LogP contribution in [0.25, 0.3) is 0 Å². The Labute approximate surface area is 108 Å². The number of hydrogen-bond acceptors (Lipinski definition) is 5. The first-order valence-electron chi connectivity index (χ1n) is 6.63. The molecule has 5 nitrogen and oxygen atoms in total. The number of nitrogen functional groups attached to an aromatic ring is 1. The third-order valence-electron chi connectivity index (χ3n) is 3.15. The van der Waals surface area contributed by atoms with Crippen LogP contribution in [0.2, 0.25) is 0 Å². The van der Waals surface area contributed by atoms with Crippen LogP contribution in [-0.2, 0) is 0 Å². The minimum Gasteiger partial charge on any atom is -0.476 e. The molecule has 1 fully saturated rings. The lowest BCUT2D eigenvalue weighted by molar-refractivity contribution is 0.328. The van der Waals surface area contributed by atoms with Crippen LogP contribution < -0.4 is 15.4 Å². The van der Waals surface area contributed by atoms with Crippen LogP contribution in [-0.4, -0.2) is 29.2 Å². The maximum Gasteiger partial charge on any atom is 0.242 e. The van der Waals surface area contributed by atoms with E-state index in [0.29, 0.717) is 24.2 Å². The Bertz CT molecular complexity index is 404. The summed E-state index contributed by atoms with van der Waals surface area (Å²) in [7, 11) is 0. The molecule has 0 aliphatic heterocycles. The van der Waals surface area contributed by atoms with Crippen LogP contribution in [0.4, 0.5) is 11.5 Å². The summed E-state index contributed by atoms with van der Waals surface area (Å²) in [4.78, 5) is 10.7. The van der Waals surface area contributed by atoms with E-state index in [0.717, 1.165) is 18.3 Å². The number of rotatable bonds is 6. The van der Waals surface area contributed by atoms with Crippen molar-refractivity contribution in [2.24, 2.45) is 5.92 Å². The average molecular weight is 250 g/mol. The molecule has 1 aromatic rings. The van der Waals surface area contributed by atoms with Crippen molar-refractivity contribution in [3.8, 4) is 5.88 Å². The third kappa shape index (κ3) is 2.83. The highest BCUT2D eigenvalue weighted by molar-refractivity contribution is 5.68. The SMILES string of the molecule is CCOc1ncnc(N(CC2CC2)C(C)C)c1N. The zero-order chi connectivity index (χ0) is 13.1. The van der Waals surface area contributed by atoms with Crippen LogP contribution >= 0.6 is 0 Å². The van der Waals surface area contributed by atoms with E-state index >= 15 is 0 Å². The molecule has 100 valence electrons. The molecule has 5 heteroatoms. The van der Waals surface area contributed by atoms with Gasteiger partial charge < -0.3 is 15.4 Å². The molecule has 2 rings (SSSR count). The molecule has 0 unspecified atom stereocenters. The molecule has 1 aliphatic carbocycles. The molecule has 1 heterocycles. The molecule has 1 saturated carbocycles. The van der Waals surface area contributed by atoms with Crippen molar-refractivity contribution in [2.45, 2.75) is 39.7 Å². The lowest BCUT2D eigenvalue weighted by atomic mass is 10.2. The largest absolute Gasteiger partial charge is 0.476 e. The molecular formula is C13H22N4O. The Morgan fingerprint density at radius 3 is 2.72 bits per heavy atom. The van der Waals surface area contributed by atoms with E-state index < -0.39 is 0 Å². The molecule has 0 spiro atoms. The van der Waals surface area contributed by atoms with Gasteiger partial charge in [0.2, 0.25) is 5.88 Å². The summed E-state index contributed by atoms with van der Waals surface area (Å²) in [5, 5.41) is 0. The molecule has 0 amide bonds. The number of hydrogen-bond donors (Lipinski definition) is 1. The summed E-state index contributed by atoms with van der Waals surface area (Å²) in [6, 6.07) is 0.372. The van der Waals surface area contributed by atoms with Crippen molar-refractivity contribution in [1.82, 2.24) is 9.97 Å². The molecule has 0 bridgehead atoms. The van der Waals surface area contributed by atoms with Gasteiger partial charge in [0, 0.05) is 12.6 Å². The van der Waals surface area contributed by atoms with Gasteiger partial charge in [0.15, 0.2) is 5.82 Å². The van der Waals surface area contributed by atoms with Crippen LogP contribution in [0.15, 0.2) is 6.33 Å². The standard InChI is InChI=1S/C13H22N4O/c1-4-18-13-11(14)12(15-8-16-13)17(9(2)3)7-10-5-6-10/h8-10H,4-7,14H2,1-3H3. The van der Waals surface area contributed by atoms with E-state index in [2.05, 4.69) is 28.7 Å². The van der Waals surface area contributed by atoms with Gasteiger partial charge in [-0.15, -0.1) is 0 Å². The number of nitrogens with zero attached hydrogens (tertiary/aromatic N) is 3. The van der Waals surface area contributed by atoms with Gasteiger partial charge in [0.05, 0.1) is 6.61 Å². The second-order valence-corrected chi connectivity index (χ2v) is 5.04. The zero-order valence-electron chi connectivity index (χ0n) is 11.4. The van der Waals surface area contributed by atoms with Crippen molar-refractivity contribution in [1.29, 1.82) is 0 Å². The Balaban J connectivity index is 2.25. The second kappa shape index (κ2) is 5.42.